The van der Waals surface area contributed by atoms with E-state index < -0.39 is 0 Å². The van der Waals surface area contributed by atoms with Crippen LogP contribution in [0.1, 0.15) is 41.9 Å². The molecule has 26 heavy (non-hydrogen) atoms. The lowest BCUT2D eigenvalue weighted by atomic mass is 10.1. The molecule has 0 aliphatic carbocycles. The van der Waals surface area contributed by atoms with Crippen LogP contribution >= 0.6 is 0 Å². The third-order valence-corrected chi connectivity index (χ3v) is 5.47. The highest BCUT2D eigenvalue weighted by molar-refractivity contribution is 5.92. The largest absolute Gasteiger partial charge is 0.367 e. The van der Waals surface area contributed by atoms with Crippen molar-refractivity contribution < 1.29 is 4.79 Å². The molecule has 0 saturated carbocycles. The summed E-state index contributed by atoms with van der Waals surface area (Å²) in [5.74, 6) is -0.0901. The summed E-state index contributed by atoms with van der Waals surface area (Å²) in [5, 5.41) is 10.9. The first-order valence-electron chi connectivity index (χ1n) is 9.61. The van der Waals surface area contributed by atoms with Gasteiger partial charge in [0.2, 0.25) is 0 Å². The van der Waals surface area contributed by atoms with E-state index in [1.165, 1.54) is 11.3 Å². The zero-order valence-corrected chi connectivity index (χ0v) is 15.3. The standard InChI is InChI=1S/C20H27N5O/c1-15-13-16-5-2-3-7-19(16)24(15)12-10-22-20(26)18-8-11-25(23-18)17-6-4-9-21-14-17/h2-3,5,7-8,11,15,17,21H,4,6,9-10,12-14H2,1H3,(H,22,26). The smallest absolute Gasteiger partial charge is 0.271 e. The molecule has 2 unspecified atom stereocenters. The molecule has 6 heteroatoms. The van der Waals surface area contributed by atoms with Crippen LogP contribution in [0.4, 0.5) is 5.69 Å². The van der Waals surface area contributed by atoms with Gasteiger partial charge in [-0.15, -0.1) is 0 Å². The Hall–Kier alpha value is -2.34. The van der Waals surface area contributed by atoms with Crippen LogP contribution in [0, 0.1) is 0 Å². The van der Waals surface area contributed by atoms with E-state index in [0.29, 0.717) is 24.3 Å². The van der Waals surface area contributed by atoms with Gasteiger partial charge in [0, 0.05) is 37.6 Å². The maximum Gasteiger partial charge on any atom is 0.271 e. The first-order valence-corrected chi connectivity index (χ1v) is 9.61. The molecule has 138 valence electrons. The Morgan fingerprint density at radius 3 is 3.08 bits per heavy atom. The quantitative estimate of drug-likeness (QED) is 0.863. The van der Waals surface area contributed by atoms with Crippen molar-refractivity contribution in [3.63, 3.8) is 0 Å². The molecule has 1 aromatic heterocycles. The average Bonchev–Trinajstić information content (AvgIpc) is 3.28. The van der Waals surface area contributed by atoms with E-state index in [-0.39, 0.29) is 5.91 Å². The number of hydrogen-bond donors (Lipinski definition) is 2. The molecule has 2 N–H and O–H groups in total. The number of hydrogen-bond acceptors (Lipinski definition) is 4. The number of anilines is 1. The minimum absolute atomic E-state index is 0.0901. The fourth-order valence-corrected chi connectivity index (χ4v) is 4.07. The zero-order valence-electron chi connectivity index (χ0n) is 15.3. The number of para-hydroxylation sites is 1. The maximum absolute atomic E-state index is 12.4. The highest BCUT2D eigenvalue weighted by Crippen LogP contribution is 2.31. The predicted molar refractivity (Wildman–Crippen MR) is 103 cm³/mol. The molecule has 1 saturated heterocycles. The van der Waals surface area contributed by atoms with Gasteiger partial charge in [-0.2, -0.15) is 5.10 Å². The van der Waals surface area contributed by atoms with E-state index in [1.54, 1.807) is 0 Å². The SMILES string of the molecule is CC1Cc2ccccc2N1CCNC(=O)c1ccn(C2CCCNC2)n1. The summed E-state index contributed by atoms with van der Waals surface area (Å²) < 4.78 is 1.93. The first-order chi connectivity index (χ1) is 12.7. The van der Waals surface area contributed by atoms with Crippen molar-refractivity contribution in [2.75, 3.05) is 31.1 Å². The number of amides is 1. The fraction of sp³-hybridized carbons (Fsp3) is 0.500. The molecular formula is C20H27N5O. The number of nitrogens with one attached hydrogen (secondary N) is 2. The summed E-state index contributed by atoms with van der Waals surface area (Å²) >= 11 is 0. The minimum Gasteiger partial charge on any atom is -0.367 e. The van der Waals surface area contributed by atoms with E-state index in [4.69, 9.17) is 0 Å². The molecule has 1 amide bonds. The molecule has 3 heterocycles. The summed E-state index contributed by atoms with van der Waals surface area (Å²) in [4.78, 5) is 14.8. The van der Waals surface area contributed by atoms with Gasteiger partial charge in [-0.05, 0) is 50.4 Å². The Morgan fingerprint density at radius 1 is 1.35 bits per heavy atom. The van der Waals surface area contributed by atoms with Crippen LogP contribution < -0.4 is 15.5 Å². The van der Waals surface area contributed by atoms with Crippen molar-refractivity contribution >= 4 is 11.6 Å². The molecule has 2 aliphatic rings. The lowest BCUT2D eigenvalue weighted by Crippen LogP contribution is -2.38. The number of rotatable bonds is 5. The van der Waals surface area contributed by atoms with Crippen LogP contribution in [0.3, 0.4) is 0 Å². The second-order valence-corrected chi connectivity index (χ2v) is 7.31. The van der Waals surface area contributed by atoms with Gasteiger partial charge < -0.3 is 15.5 Å². The van der Waals surface area contributed by atoms with Crippen LogP contribution in [0.5, 0.6) is 0 Å². The second-order valence-electron chi connectivity index (χ2n) is 7.31. The molecule has 0 spiro atoms. The summed E-state index contributed by atoms with van der Waals surface area (Å²) in [6.45, 7) is 5.67. The Balaban J connectivity index is 1.31. The van der Waals surface area contributed by atoms with Gasteiger partial charge in [-0.3, -0.25) is 9.48 Å². The lowest BCUT2D eigenvalue weighted by Gasteiger charge is -2.25. The van der Waals surface area contributed by atoms with Crippen LogP contribution in [0.2, 0.25) is 0 Å². The van der Waals surface area contributed by atoms with Gasteiger partial charge in [-0.25, -0.2) is 0 Å². The Labute approximate surface area is 154 Å². The molecule has 1 fully saturated rings. The number of piperidine rings is 1. The van der Waals surface area contributed by atoms with Crippen LogP contribution in [0.25, 0.3) is 0 Å². The predicted octanol–water partition coefficient (Wildman–Crippen LogP) is 1.99. The molecular weight excluding hydrogens is 326 g/mol. The zero-order chi connectivity index (χ0) is 17.9. The van der Waals surface area contributed by atoms with Crippen LogP contribution in [-0.4, -0.2) is 47.9 Å². The van der Waals surface area contributed by atoms with Gasteiger partial charge in [0.1, 0.15) is 5.69 Å². The number of aromatic nitrogens is 2. The molecule has 1 aromatic carbocycles. The van der Waals surface area contributed by atoms with Crippen molar-refractivity contribution in [3.05, 3.63) is 47.8 Å². The Kier molecular flexibility index (Phi) is 4.93. The molecule has 6 nitrogen and oxygen atoms in total. The topological polar surface area (TPSA) is 62.2 Å². The molecule has 2 atom stereocenters. The van der Waals surface area contributed by atoms with Crippen molar-refractivity contribution in [1.29, 1.82) is 0 Å². The maximum atomic E-state index is 12.4. The molecule has 2 aliphatic heterocycles. The first kappa shape index (κ1) is 17.1. The number of carbonyl (C=O) groups excluding carboxylic acids is 1. The molecule has 0 bridgehead atoms. The molecule has 0 radical (unpaired) electrons. The van der Waals surface area contributed by atoms with Crippen LogP contribution in [-0.2, 0) is 6.42 Å². The lowest BCUT2D eigenvalue weighted by molar-refractivity contribution is 0.0948. The van der Waals surface area contributed by atoms with Gasteiger partial charge in [0.05, 0.1) is 6.04 Å². The molecule has 2 aromatic rings. The van der Waals surface area contributed by atoms with Crippen molar-refractivity contribution in [1.82, 2.24) is 20.4 Å². The van der Waals surface area contributed by atoms with Gasteiger partial charge >= 0.3 is 0 Å². The monoisotopic (exact) mass is 353 g/mol. The highest BCUT2D eigenvalue weighted by atomic mass is 16.1. The van der Waals surface area contributed by atoms with Gasteiger partial charge in [-0.1, -0.05) is 18.2 Å². The average molecular weight is 353 g/mol. The fourth-order valence-electron chi connectivity index (χ4n) is 4.07. The van der Waals surface area contributed by atoms with E-state index in [1.807, 2.05) is 16.9 Å². The number of nitrogens with zero attached hydrogens (tertiary/aromatic N) is 3. The van der Waals surface area contributed by atoms with Crippen LogP contribution in [0.15, 0.2) is 36.5 Å². The molecule has 4 rings (SSSR count). The minimum atomic E-state index is -0.0901. The van der Waals surface area contributed by atoms with Crippen molar-refractivity contribution in [2.24, 2.45) is 0 Å². The van der Waals surface area contributed by atoms with E-state index in [2.05, 4.69) is 51.8 Å². The van der Waals surface area contributed by atoms with Gasteiger partial charge in [0.15, 0.2) is 0 Å². The number of carbonyl (C=O) groups is 1. The normalized spacial score (nSPS) is 22.3. The third kappa shape index (κ3) is 3.46. The second kappa shape index (κ2) is 7.50. The Bertz CT molecular complexity index is 765. The number of fused-ring (bicyclic) bond motifs is 1. The summed E-state index contributed by atoms with van der Waals surface area (Å²) in [5.41, 5.74) is 3.19. The van der Waals surface area contributed by atoms with Gasteiger partial charge in [0.25, 0.3) is 5.91 Å². The summed E-state index contributed by atoms with van der Waals surface area (Å²) in [7, 11) is 0. The van der Waals surface area contributed by atoms with Crippen molar-refractivity contribution in [2.45, 2.75) is 38.3 Å². The van der Waals surface area contributed by atoms with Crippen molar-refractivity contribution in [3.8, 4) is 0 Å². The summed E-state index contributed by atoms with van der Waals surface area (Å²) in [6, 6.07) is 11.2. The highest BCUT2D eigenvalue weighted by Gasteiger charge is 2.25. The number of benzene rings is 1. The Morgan fingerprint density at radius 2 is 2.23 bits per heavy atom. The summed E-state index contributed by atoms with van der Waals surface area (Å²) in [6.07, 6.45) is 5.26. The van der Waals surface area contributed by atoms with E-state index >= 15 is 0 Å². The third-order valence-electron chi connectivity index (χ3n) is 5.47. The van der Waals surface area contributed by atoms with E-state index in [9.17, 15) is 4.79 Å². The van der Waals surface area contributed by atoms with E-state index in [0.717, 1.165) is 38.9 Å².